The molecule has 2 aromatic rings. The van der Waals surface area contributed by atoms with Crippen molar-refractivity contribution in [2.24, 2.45) is 0 Å². The highest BCUT2D eigenvalue weighted by Gasteiger charge is 2.18. The van der Waals surface area contributed by atoms with Crippen molar-refractivity contribution >= 4 is 0 Å². The summed E-state index contributed by atoms with van der Waals surface area (Å²) in [5.74, 6) is -3.79. The van der Waals surface area contributed by atoms with E-state index in [1.807, 2.05) is 24.6 Å². The third-order valence-corrected chi connectivity index (χ3v) is 3.46. The molecule has 3 nitrogen and oxygen atoms in total. The summed E-state index contributed by atoms with van der Waals surface area (Å²) in [6, 6.07) is 3.67. The van der Waals surface area contributed by atoms with Crippen molar-refractivity contribution in [2.75, 3.05) is 7.05 Å². The first-order chi connectivity index (χ1) is 9.96. The van der Waals surface area contributed by atoms with E-state index in [1.54, 1.807) is 7.05 Å². The predicted molar refractivity (Wildman–Crippen MR) is 74.5 cm³/mol. The summed E-state index contributed by atoms with van der Waals surface area (Å²) in [5, 5.41) is 7.34. The molecule has 0 aliphatic carbocycles. The summed E-state index contributed by atoms with van der Waals surface area (Å²) >= 11 is 0. The van der Waals surface area contributed by atoms with E-state index in [0.29, 0.717) is 18.5 Å². The molecule has 0 aliphatic heterocycles. The maximum atomic E-state index is 13.4. The van der Waals surface area contributed by atoms with E-state index in [0.717, 1.165) is 23.5 Å². The molecule has 0 bridgehead atoms. The van der Waals surface area contributed by atoms with E-state index in [2.05, 4.69) is 10.4 Å². The van der Waals surface area contributed by atoms with Crippen molar-refractivity contribution < 1.29 is 13.2 Å². The molecule has 114 valence electrons. The van der Waals surface area contributed by atoms with Crippen LogP contribution in [0.1, 0.15) is 29.9 Å². The number of likely N-dealkylation sites (N-methyl/N-ethyl adjacent to an activating group) is 1. The van der Waals surface area contributed by atoms with Gasteiger partial charge in [-0.3, -0.25) is 4.68 Å². The first kappa shape index (κ1) is 15.6. The van der Waals surface area contributed by atoms with Crippen molar-refractivity contribution in [3.63, 3.8) is 0 Å². The van der Waals surface area contributed by atoms with Crippen LogP contribution in [0, 0.1) is 24.4 Å². The van der Waals surface area contributed by atoms with Crippen LogP contribution in [0.4, 0.5) is 13.2 Å². The Morgan fingerprint density at radius 2 is 1.81 bits per heavy atom. The Morgan fingerprint density at radius 1 is 1.19 bits per heavy atom. The average molecular weight is 297 g/mol. The number of nitrogens with one attached hydrogen (secondary N) is 1. The van der Waals surface area contributed by atoms with Gasteiger partial charge >= 0.3 is 0 Å². The van der Waals surface area contributed by atoms with Gasteiger partial charge in [-0.1, -0.05) is 0 Å². The molecule has 1 heterocycles. The van der Waals surface area contributed by atoms with Gasteiger partial charge in [0.25, 0.3) is 0 Å². The minimum atomic E-state index is -1.44. The first-order valence-corrected chi connectivity index (χ1v) is 6.81. The van der Waals surface area contributed by atoms with Gasteiger partial charge in [-0.05, 0) is 44.7 Å². The number of halogens is 3. The van der Waals surface area contributed by atoms with Crippen molar-refractivity contribution in [3.05, 3.63) is 52.6 Å². The number of rotatable bonds is 5. The molecule has 0 fully saturated rings. The van der Waals surface area contributed by atoms with Gasteiger partial charge in [-0.25, -0.2) is 13.2 Å². The van der Waals surface area contributed by atoms with Gasteiger partial charge in [-0.2, -0.15) is 5.10 Å². The molecule has 0 spiro atoms. The SMILES string of the molecule is CCn1nc(C)cc1CC(NC)c1cc(F)c(F)c(F)c1. The molecular weight excluding hydrogens is 279 g/mol. The fourth-order valence-electron chi connectivity index (χ4n) is 2.41. The third-order valence-electron chi connectivity index (χ3n) is 3.46. The van der Waals surface area contributed by atoms with Gasteiger partial charge in [0.05, 0.1) is 5.69 Å². The summed E-state index contributed by atoms with van der Waals surface area (Å²) in [5.41, 5.74) is 2.22. The summed E-state index contributed by atoms with van der Waals surface area (Å²) in [6.07, 6.45) is 0.510. The molecule has 1 atom stereocenters. The molecule has 0 saturated heterocycles. The second-order valence-electron chi connectivity index (χ2n) is 4.94. The standard InChI is InChI=1S/C15H18F3N3/c1-4-21-11(5-9(2)20-21)8-14(19-3)10-6-12(16)15(18)13(17)7-10/h5-7,14,19H,4,8H2,1-3H3. The molecule has 2 rings (SSSR count). The Balaban J connectivity index is 2.32. The Labute approximate surface area is 121 Å². The quantitative estimate of drug-likeness (QED) is 0.859. The lowest BCUT2D eigenvalue weighted by atomic mass is 10.0. The molecule has 1 aromatic carbocycles. The number of benzene rings is 1. The zero-order chi connectivity index (χ0) is 15.6. The second-order valence-corrected chi connectivity index (χ2v) is 4.94. The molecule has 0 radical (unpaired) electrons. The van der Waals surface area contributed by atoms with E-state index in [1.165, 1.54) is 0 Å². The van der Waals surface area contributed by atoms with Crippen LogP contribution >= 0.6 is 0 Å². The van der Waals surface area contributed by atoms with Gasteiger partial charge < -0.3 is 5.32 Å². The molecule has 6 heteroatoms. The minimum Gasteiger partial charge on any atom is -0.313 e. The number of aromatic nitrogens is 2. The van der Waals surface area contributed by atoms with E-state index < -0.39 is 17.5 Å². The molecule has 0 aliphatic rings. The smallest absolute Gasteiger partial charge is 0.194 e. The molecule has 21 heavy (non-hydrogen) atoms. The molecule has 1 N–H and O–H groups in total. The predicted octanol–water partition coefficient (Wildman–Crippen LogP) is 3.13. The molecule has 0 amide bonds. The maximum Gasteiger partial charge on any atom is 0.194 e. The van der Waals surface area contributed by atoms with E-state index in [9.17, 15) is 13.2 Å². The highest BCUT2D eigenvalue weighted by Crippen LogP contribution is 2.22. The van der Waals surface area contributed by atoms with Gasteiger partial charge in [0.2, 0.25) is 0 Å². The lowest BCUT2D eigenvalue weighted by Gasteiger charge is -2.17. The van der Waals surface area contributed by atoms with Crippen LogP contribution < -0.4 is 5.32 Å². The third kappa shape index (κ3) is 3.26. The average Bonchev–Trinajstić information content (AvgIpc) is 2.81. The van der Waals surface area contributed by atoms with E-state index >= 15 is 0 Å². The fourth-order valence-corrected chi connectivity index (χ4v) is 2.41. The molecule has 0 saturated carbocycles. The van der Waals surface area contributed by atoms with Gasteiger partial charge in [0.15, 0.2) is 17.5 Å². The zero-order valence-corrected chi connectivity index (χ0v) is 12.3. The van der Waals surface area contributed by atoms with Gasteiger partial charge in [0.1, 0.15) is 0 Å². The van der Waals surface area contributed by atoms with Crippen LogP contribution in [0.25, 0.3) is 0 Å². The van der Waals surface area contributed by atoms with Crippen molar-refractivity contribution in [3.8, 4) is 0 Å². The number of hydrogen-bond acceptors (Lipinski definition) is 2. The van der Waals surface area contributed by atoms with Gasteiger partial charge in [0, 0.05) is 24.7 Å². The summed E-state index contributed by atoms with van der Waals surface area (Å²) in [7, 11) is 1.70. The van der Waals surface area contributed by atoms with Crippen molar-refractivity contribution in [2.45, 2.75) is 32.9 Å². The Morgan fingerprint density at radius 3 is 2.33 bits per heavy atom. The lowest BCUT2D eigenvalue weighted by Crippen LogP contribution is -2.21. The highest BCUT2D eigenvalue weighted by molar-refractivity contribution is 5.24. The van der Waals surface area contributed by atoms with Crippen LogP contribution in [0.15, 0.2) is 18.2 Å². The normalized spacial score (nSPS) is 12.7. The van der Waals surface area contributed by atoms with Crippen molar-refractivity contribution in [1.29, 1.82) is 0 Å². The number of nitrogens with zero attached hydrogens (tertiary/aromatic N) is 2. The Kier molecular flexibility index (Phi) is 4.67. The monoisotopic (exact) mass is 297 g/mol. The van der Waals surface area contributed by atoms with E-state index in [4.69, 9.17) is 0 Å². The maximum absolute atomic E-state index is 13.4. The molecule has 1 unspecified atom stereocenters. The summed E-state index contributed by atoms with van der Waals surface area (Å²) in [4.78, 5) is 0. The second kappa shape index (κ2) is 6.30. The van der Waals surface area contributed by atoms with Crippen LogP contribution in [-0.4, -0.2) is 16.8 Å². The summed E-state index contributed by atoms with van der Waals surface area (Å²) in [6.45, 7) is 4.58. The number of aryl methyl sites for hydroxylation is 2. The largest absolute Gasteiger partial charge is 0.313 e. The molecule has 1 aromatic heterocycles. The molecular formula is C15H18F3N3. The van der Waals surface area contributed by atoms with Crippen LogP contribution in [0.5, 0.6) is 0 Å². The number of hydrogen-bond donors (Lipinski definition) is 1. The topological polar surface area (TPSA) is 29.9 Å². The highest BCUT2D eigenvalue weighted by atomic mass is 19.2. The van der Waals surface area contributed by atoms with Gasteiger partial charge in [-0.15, -0.1) is 0 Å². The Bertz CT molecular complexity index is 614. The lowest BCUT2D eigenvalue weighted by molar-refractivity contribution is 0.440. The zero-order valence-electron chi connectivity index (χ0n) is 12.3. The van der Waals surface area contributed by atoms with E-state index in [-0.39, 0.29) is 6.04 Å². The van der Waals surface area contributed by atoms with Crippen LogP contribution in [0.2, 0.25) is 0 Å². The first-order valence-electron chi connectivity index (χ1n) is 6.81. The van der Waals surface area contributed by atoms with Crippen LogP contribution in [0.3, 0.4) is 0 Å². The minimum absolute atomic E-state index is 0.323. The van der Waals surface area contributed by atoms with Crippen molar-refractivity contribution in [1.82, 2.24) is 15.1 Å². The Hall–Kier alpha value is -1.82. The van der Waals surface area contributed by atoms with Crippen LogP contribution in [-0.2, 0) is 13.0 Å². The fraction of sp³-hybridized carbons (Fsp3) is 0.400. The summed E-state index contributed by atoms with van der Waals surface area (Å²) < 4.78 is 41.6.